The molecule has 1 aliphatic heterocycles. The van der Waals surface area contributed by atoms with Crippen molar-refractivity contribution in [3.05, 3.63) is 18.3 Å². The van der Waals surface area contributed by atoms with E-state index in [4.69, 9.17) is 10.00 Å². The van der Waals surface area contributed by atoms with E-state index in [-0.39, 0.29) is 24.7 Å². The maximum atomic E-state index is 12.7. The number of hydrogen-bond acceptors (Lipinski definition) is 6. The summed E-state index contributed by atoms with van der Waals surface area (Å²) in [6.07, 6.45) is 1.60. The minimum atomic E-state index is -3.74. The Balaban J connectivity index is 2.29. The number of morpholine rings is 1. The third-order valence-corrected chi connectivity index (χ3v) is 4.92. The molecule has 7 nitrogen and oxygen atoms in total. The number of ether oxygens (including phenoxy) is 1. The average molecular weight is 310 g/mol. The second-order valence-electron chi connectivity index (χ2n) is 4.63. The molecule has 1 aliphatic rings. The van der Waals surface area contributed by atoms with Gasteiger partial charge in [-0.15, -0.1) is 0 Å². The zero-order valence-electron chi connectivity index (χ0n) is 11.8. The van der Waals surface area contributed by atoms with Gasteiger partial charge in [0.1, 0.15) is 0 Å². The zero-order valence-corrected chi connectivity index (χ0v) is 12.6. The molecule has 2 heterocycles. The molecule has 0 aliphatic carbocycles. The summed E-state index contributed by atoms with van der Waals surface area (Å²) in [6.45, 7) is 3.13. The summed E-state index contributed by atoms with van der Waals surface area (Å²) in [5, 5.41) is 12.0. The fourth-order valence-corrected chi connectivity index (χ4v) is 3.54. The van der Waals surface area contributed by atoms with Gasteiger partial charge in [0.25, 0.3) is 10.0 Å². The fourth-order valence-electron chi connectivity index (χ4n) is 2.03. The van der Waals surface area contributed by atoms with Gasteiger partial charge in [-0.2, -0.15) is 9.57 Å². The number of pyridine rings is 1. The second kappa shape index (κ2) is 6.85. The smallest absolute Gasteiger partial charge is 0.262 e. The number of nitriles is 1. The van der Waals surface area contributed by atoms with Crippen molar-refractivity contribution < 1.29 is 13.2 Å². The van der Waals surface area contributed by atoms with E-state index in [9.17, 15) is 8.42 Å². The second-order valence-corrected chi connectivity index (χ2v) is 6.49. The Morgan fingerprint density at radius 1 is 1.62 bits per heavy atom. The van der Waals surface area contributed by atoms with Crippen molar-refractivity contribution in [1.82, 2.24) is 9.29 Å². The quantitative estimate of drug-likeness (QED) is 0.865. The minimum absolute atomic E-state index is 0.00274. The third kappa shape index (κ3) is 3.50. The van der Waals surface area contributed by atoms with Crippen molar-refractivity contribution >= 4 is 15.7 Å². The molecule has 1 N–H and O–H groups in total. The van der Waals surface area contributed by atoms with Gasteiger partial charge in [-0.3, -0.25) is 0 Å². The van der Waals surface area contributed by atoms with Crippen LogP contribution in [0.1, 0.15) is 13.3 Å². The predicted molar refractivity (Wildman–Crippen MR) is 77.1 cm³/mol. The van der Waals surface area contributed by atoms with Crippen molar-refractivity contribution in [2.75, 3.05) is 31.6 Å². The summed E-state index contributed by atoms with van der Waals surface area (Å²) in [4.78, 5) is 4.01. The van der Waals surface area contributed by atoms with Crippen LogP contribution in [0.5, 0.6) is 0 Å². The topological polar surface area (TPSA) is 95.3 Å². The molecule has 0 radical (unpaired) electrons. The van der Waals surface area contributed by atoms with Gasteiger partial charge < -0.3 is 10.1 Å². The summed E-state index contributed by atoms with van der Waals surface area (Å²) >= 11 is 0. The van der Waals surface area contributed by atoms with Gasteiger partial charge in [0.2, 0.25) is 0 Å². The van der Waals surface area contributed by atoms with Crippen LogP contribution in [-0.4, -0.2) is 50.1 Å². The monoisotopic (exact) mass is 310 g/mol. The van der Waals surface area contributed by atoms with Crippen LogP contribution < -0.4 is 5.32 Å². The number of nitrogens with one attached hydrogen (secondary N) is 1. The molecule has 1 aromatic heterocycles. The Morgan fingerprint density at radius 2 is 2.43 bits per heavy atom. The summed E-state index contributed by atoms with van der Waals surface area (Å²) in [7, 11) is -3.74. The first-order chi connectivity index (χ1) is 10.1. The number of nitrogens with zero attached hydrogens (tertiary/aromatic N) is 3. The van der Waals surface area contributed by atoms with Gasteiger partial charge in [-0.1, -0.05) is 6.92 Å². The summed E-state index contributed by atoms with van der Waals surface area (Å²) < 4.78 is 31.8. The van der Waals surface area contributed by atoms with Crippen LogP contribution in [-0.2, 0) is 14.8 Å². The molecular formula is C13H18N4O3S. The average Bonchev–Trinajstić information content (AvgIpc) is 2.53. The van der Waals surface area contributed by atoms with Gasteiger partial charge >= 0.3 is 0 Å². The zero-order chi connectivity index (χ0) is 15.3. The molecule has 0 bridgehead atoms. The first-order valence-electron chi connectivity index (χ1n) is 6.80. The molecule has 21 heavy (non-hydrogen) atoms. The Bertz CT molecular complexity index is 627. The first kappa shape index (κ1) is 15.7. The highest BCUT2D eigenvalue weighted by molar-refractivity contribution is 7.89. The summed E-state index contributed by atoms with van der Waals surface area (Å²) in [5.41, 5.74) is 0.486. The predicted octanol–water partition coefficient (Wildman–Crippen LogP) is 0.817. The summed E-state index contributed by atoms with van der Waals surface area (Å²) in [6, 6.07) is 5.32. The van der Waals surface area contributed by atoms with E-state index in [0.29, 0.717) is 12.2 Å². The molecule has 0 aromatic carbocycles. The highest BCUT2D eigenvalue weighted by Gasteiger charge is 2.33. The summed E-state index contributed by atoms with van der Waals surface area (Å²) in [5.74, 6) is 0. The van der Waals surface area contributed by atoms with Gasteiger partial charge in [-0.25, -0.2) is 13.4 Å². The molecule has 1 fully saturated rings. The molecule has 1 aromatic rings. The van der Waals surface area contributed by atoms with E-state index in [1.54, 1.807) is 12.1 Å². The van der Waals surface area contributed by atoms with E-state index in [1.807, 2.05) is 13.0 Å². The third-order valence-electron chi connectivity index (χ3n) is 3.09. The molecule has 1 unspecified atom stereocenters. The van der Waals surface area contributed by atoms with Gasteiger partial charge in [0, 0.05) is 19.3 Å². The van der Waals surface area contributed by atoms with Crippen LogP contribution in [0.25, 0.3) is 0 Å². The molecule has 0 saturated carbocycles. The Morgan fingerprint density at radius 3 is 3.14 bits per heavy atom. The van der Waals surface area contributed by atoms with Crippen LogP contribution in [0.2, 0.25) is 0 Å². The Hall–Kier alpha value is -1.69. The molecule has 0 spiro atoms. The van der Waals surface area contributed by atoms with Crippen LogP contribution in [0, 0.1) is 11.3 Å². The van der Waals surface area contributed by atoms with Crippen molar-refractivity contribution in [3.8, 4) is 6.07 Å². The van der Waals surface area contributed by atoms with E-state index >= 15 is 0 Å². The van der Waals surface area contributed by atoms with Gasteiger partial charge in [0.15, 0.2) is 11.1 Å². The number of sulfonamides is 1. The molecule has 1 atom stereocenters. The minimum Gasteiger partial charge on any atom is -0.383 e. The number of hydrogen-bond donors (Lipinski definition) is 1. The molecular weight excluding hydrogens is 292 g/mol. The SMILES string of the molecule is CCCNc1cccnc1S(=O)(=O)N1CCOC(C#N)C1. The van der Waals surface area contributed by atoms with Crippen molar-refractivity contribution in [2.24, 2.45) is 0 Å². The normalized spacial score (nSPS) is 19.9. The van der Waals surface area contributed by atoms with Crippen molar-refractivity contribution in [2.45, 2.75) is 24.5 Å². The first-order valence-corrected chi connectivity index (χ1v) is 8.24. The Labute approximate surface area is 124 Å². The largest absolute Gasteiger partial charge is 0.383 e. The lowest BCUT2D eigenvalue weighted by Gasteiger charge is -2.29. The maximum Gasteiger partial charge on any atom is 0.262 e. The number of rotatable bonds is 5. The highest BCUT2D eigenvalue weighted by atomic mass is 32.2. The standard InChI is InChI=1S/C13H18N4O3S/c1-2-5-15-12-4-3-6-16-13(12)21(18,19)17-7-8-20-11(9-14)10-17/h3-4,6,11,15H,2,5,7-8,10H2,1H3. The van der Waals surface area contributed by atoms with E-state index < -0.39 is 16.1 Å². The van der Waals surface area contributed by atoms with Crippen LogP contribution in [0.15, 0.2) is 23.4 Å². The highest BCUT2D eigenvalue weighted by Crippen LogP contribution is 2.23. The lowest BCUT2D eigenvalue weighted by atomic mass is 10.3. The molecule has 8 heteroatoms. The Kier molecular flexibility index (Phi) is 5.12. The van der Waals surface area contributed by atoms with Gasteiger partial charge in [0.05, 0.1) is 24.9 Å². The van der Waals surface area contributed by atoms with Crippen molar-refractivity contribution in [3.63, 3.8) is 0 Å². The van der Waals surface area contributed by atoms with E-state index in [1.165, 1.54) is 10.5 Å². The number of aromatic nitrogens is 1. The number of anilines is 1. The molecule has 2 rings (SSSR count). The molecule has 1 saturated heterocycles. The van der Waals surface area contributed by atoms with E-state index in [0.717, 1.165) is 6.42 Å². The maximum absolute atomic E-state index is 12.7. The van der Waals surface area contributed by atoms with Crippen LogP contribution >= 0.6 is 0 Å². The molecule has 0 amide bonds. The van der Waals surface area contributed by atoms with E-state index in [2.05, 4.69) is 10.3 Å². The fraction of sp³-hybridized carbons (Fsp3) is 0.538. The lowest BCUT2D eigenvalue weighted by molar-refractivity contribution is 0.0311. The van der Waals surface area contributed by atoms with Crippen LogP contribution in [0.4, 0.5) is 5.69 Å². The lowest BCUT2D eigenvalue weighted by Crippen LogP contribution is -2.45. The van der Waals surface area contributed by atoms with Crippen LogP contribution in [0.3, 0.4) is 0 Å². The van der Waals surface area contributed by atoms with Gasteiger partial charge in [-0.05, 0) is 18.6 Å². The van der Waals surface area contributed by atoms with Crippen molar-refractivity contribution in [1.29, 1.82) is 5.26 Å². The molecule has 114 valence electrons.